The summed E-state index contributed by atoms with van der Waals surface area (Å²) in [5.41, 5.74) is -0.630. The number of aromatic nitrogens is 1. The molecule has 0 radical (unpaired) electrons. The molecule has 9 nitrogen and oxygen atoms in total. The fourth-order valence-corrected chi connectivity index (χ4v) is 8.36. The SMILES string of the molecule is COc1ccc(NC(=O)Cn2c3c(sc2=O)[C@@H](c2ccc(OC)cc2)[C@@H]2C(=O)N(c4ccccc4C(F)(F)F)C(=O)[C@@H]2S3)cc1. The first kappa shape index (κ1) is 30.5. The third-order valence-corrected chi connectivity index (χ3v) is 10.3. The van der Waals surface area contributed by atoms with Crippen molar-refractivity contribution in [2.24, 2.45) is 5.92 Å². The van der Waals surface area contributed by atoms with Gasteiger partial charge in [0, 0.05) is 16.5 Å². The second-order valence-corrected chi connectivity index (χ2v) is 12.4. The smallest absolute Gasteiger partial charge is 0.418 e. The number of rotatable bonds is 7. The maximum Gasteiger partial charge on any atom is 0.418 e. The number of fused-ring (bicyclic) bond motifs is 2. The average molecular weight is 656 g/mol. The van der Waals surface area contributed by atoms with Crippen LogP contribution in [0.2, 0.25) is 0 Å². The van der Waals surface area contributed by atoms with E-state index in [9.17, 15) is 32.3 Å². The Morgan fingerprint density at radius 1 is 0.889 bits per heavy atom. The zero-order valence-corrected chi connectivity index (χ0v) is 25.3. The lowest BCUT2D eigenvalue weighted by Crippen LogP contribution is -2.33. The minimum atomic E-state index is -4.82. The van der Waals surface area contributed by atoms with Crippen molar-refractivity contribution < 1.29 is 37.0 Å². The van der Waals surface area contributed by atoms with Gasteiger partial charge < -0.3 is 14.8 Å². The van der Waals surface area contributed by atoms with Crippen molar-refractivity contribution in [3.8, 4) is 11.5 Å². The molecule has 1 fully saturated rings. The quantitative estimate of drug-likeness (QED) is 0.267. The molecule has 0 saturated carbocycles. The van der Waals surface area contributed by atoms with Gasteiger partial charge in [-0.15, -0.1) is 0 Å². The van der Waals surface area contributed by atoms with E-state index in [1.807, 2.05) is 0 Å². The van der Waals surface area contributed by atoms with Gasteiger partial charge in [0.1, 0.15) is 23.3 Å². The van der Waals surface area contributed by atoms with Gasteiger partial charge in [0.2, 0.25) is 17.7 Å². The molecule has 0 aliphatic carbocycles. The standard InChI is InChI=1S/C31H24F3N3O6S2/c1-42-18-11-7-16(8-12-18)23-24-25(28(40)37(27(24)39)21-6-4-3-5-20(21)31(32,33)34)44-29-26(23)45-30(41)36(29)15-22(38)35-17-9-13-19(43-2)14-10-17/h3-14,23-25H,15H2,1-2H3,(H,35,38)/t23-,24-,25+/m0/s1. The minimum absolute atomic E-state index is 0.309. The summed E-state index contributed by atoms with van der Waals surface area (Å²) in [4.78, 5) is 54.8. The first-order chi connectivity index (χ1) is 21.5. The lowest BCUT2D eigenvalue weighted by molar-refractivity contribution is -0.137. The van der Waals surface area contributed by atoms with Gasteiger partial charge in [0.05, 0.1) is 36.4 Å². The molecule has 3 atom stereocenters. The highest BCUT2D eigenvalue weighted by molar-refractivity contribution is 8.00. The zero-order valence-electron chi connectivity index (χ0n) is 23.7. The maximum atomic E-state index is 14.0. The number of thioether (sulfide) groups is 1. The van der Waals surface area contributed by atoms with Crippen molar-refractivity contribution in [3.63, 3.8) is 0 Å². The normalized spacial score (nSPS) is 19.2. The van der Waals surface area contributed by atoms with Crippen molar-refractivity contribution >= 4 is 52.2 Å². The molecule has 4 aromatic rings. The molecule has 3 heterocycles. The summed E-state index contributed by atoms with van der Waals surface area (Å²) in [6, 6.07) is 17.7. The summed E-state index contributed by atoms with van der Waals surface area (Å²) in [5.74, 6) is -2.98. The molecule has 1 aromatic heterocycles. The first-order valence-electron chi connectivity index (χ1n) is 13.5. The van der Waals surface area contributed by atoms with E-state index in [-0.39, 0.29) is 6.54 Å². The Balaban J connectivity index is 1.41. The number of hydrogen-bond donors (Lipinski definition) is 1. The van der Waals surface area contributed by atoms with Crippen molar-refractivity contribution in [2.45, 2.75) is 28.9 Å². The molecule has 3 aromatic carbocycles. The highest BCUT2D eigenvalue weighted by atomic mass is 32.2. The number of alkyl halides is 3. The number of carbonyl (C=O) groups is 3. The Hall–Kier alpha value is -4.56. The lowest BCUT2D eigenvalue weighted by atomic mass is 9.83. The van der Waals surface area contributed by atoms with Gasteiger partial charge in [-0.1, -0.05) is 47.4 Å². The fraction of sp³-hybridized carbons (Fsp3) is 0.226. The molecular formula is C31H24F3N3O6S2. The van der Waals surface area contributed by atoms with Gasteiger partial charge in [-0.25, -0.2) is 4.90 Å². The van der Waals surface area contributed by atoms with Gasteiger partial charge in [0.15, 0.2) is 0 Å². The Kier molecular flexibility index (Phi) is 7.95. The van der Waals surface area contributed by atoms with E-state index >= 15 is 0 Å². The molecule has 0 unspecified atom stereocenters. The van der Waals surface area contributed by atoms with Crippen molar-refractivity contribution in [2.75, 3.05) is 24.4 Å². The van der Waals surface area contributed by atoms with Crippen LogP contribution in [0.25, 0.3) is 0 Å². The number of hydrogen-bond acceptors (Lipinski definition) is 8. The van der Waals surface area contributed by atoms with E-state index in [0.717, 1.165) is 35.2 Å². The Morgan fingerprint density at radius 3 is 2.13 bits per heavy atom. The number of benzene rings is 3. The van der Waals surface area contributed by atoms with E-state index in [2.05, 4.69) is 5.32 Å². The summed E-state index contributed by atoms with van der Waals surface area (Å²) >= 11 is 1.75. The number of thiazole rings is 1. The molecule has 2 aliphatic rings. The molecule has 0 spiro atoms. The third kappa shape index (κ3) is 5.48. The number of amides is 3. The predicted molar refractivity (Wildman–Crippen MR) is 162 cm³/mol. The molecule has 14 heteroatoms. The molecule has 3 amide bonds. The zero-order chi connectivity index (χ0) is 32.0. The average Bonchev–Trinajstić information content (AvgIpc) is 3.47. The fourth-order valence-electron chi connectivity index (χ4n) is 5.59. The number of ether oxygens (including phenoxy) is 2. The molecule has 232 valence electrons. The lowest BCUT2D eigenvalue weighted by Gasteiger charge is -2.30. The number of para-hydroxylation sites is 1. The maximum absolute atomic E-state index is 14.0. The second kappa shape index (κ2) is 11.7. The van der Waals surface area contributed by atoms with Crippen LogP contribution >= 0.6 is 23.1 Å². The molecule has 6 rings (SSSR count). The molecule has 1 saturated heterocycles. The predicted octanol–water partition coefficient (Wildman–Crippen LogP) is 5.38. The largest absolute Gasteiger partial charge is 0.497 e. The van der Waals surface area contributed by atoms with Crippen molar-refractivity contribution in [1.29, 1.82) is 0 Å². The van der Waals surface area contributed by atoms with Crippen LogP contribution in [0.1, 0.15) is 21.9 Å². The third-order valence-electron chi connectivity index (χ3n) is 7.65. The van der Waals surface area contributed by atoms with Crippen molar-refractivity contribution in [1.82, 2.24) is 4.57 Å². The summed E-state index contributed by atoms with van der Waals surface area (Å²) < 4.78 is 53.5. The highest BCUT2D eigenvalue weighted by Gasteiger charge is 2.57. The Bertz CT molecular complexity index is 1850. The van der Waals surface area contributed by atoms with Crippen LogP contribution in [0, 0.1) is 5.92 Å². The van der Waals surface area contributed by atoms with Crippen LogP contribution in [-0.4, -0.2) is 41.8 Å². The second-order valence-electron chi connectivity index (χ2n) is 10.2. The Morgan fingerprint density at radius 2 is 1.51 bits per heavy atom. The van der Waals surface area contributed by atoms with Crippen LogP contribution < -0.4 is 24.6 Å². The van der Waals surface area contributed by atoms with E-state index in [0.29, 0.717) is 37.6 Å². The van der Waals surface area contributed by atoms with E-state index < -0.39 is 57.1 Å². The van der Waals surface area contributed by atoms with Gasteiger partial charge in [0.25, 0.3) is 0 Å². The monoisotopic (exact) mass is 655 g/mol. The molecular weight excluding hydrogens is 631 g/mol. The molecule has 0 bridgehead atoms. The summed E-state index contributed by atoms with van der Waals surface area (Å²) in [7, 11) is 3.00. The van der Waals surface area contributed by atoms with Gasteiger partial charge in [-0.05, 0) is 54.1 Å². The summed E-state index contributed by atoms with van der Waals surface area (Å²) in [5, 5.41) is 1.88. The highest BCUT2D eigenvalue weighted by Crippen LogP contribution is 2.54. The number of nitrogens with one attached hydrogen (secondary N) is 1. The van der Waals surface area contributed by atoms with Crippen LogP contribution in [0.4, 0.5) is 24.5 Å². The summed E-state index contributed by atoms with van der Waals surface area (Å²) in [6.07, 6.45) is -4.82. The number of halogens is 3. The van der Waals surface area contributed by atoms with Gasteiger partial charge in [-0.2, -0.15) is 13.2 Å². The van der Waals surface area contributed by atoms with Crippen LogP contribution in [0.15, 0.2) is 82.6 Å². The van der Waals surface area contributed by atoms with E-state index in [1.54, 1.807) is 48.5 Å². The topological polar surface area (TPSA) is 107 Å². The Labute approximate surface area is 262 Å². The molecule has 45 heavy (non-hydrogen) atoms. The number of anilines is 2. The van der Waals surface area contributed by atoms with Crippen LogP contribution in [0.3, 0.4) is 0 Å². The van der Waals surface area contributed by atoms with Crippen molar-refractivity contribution in [3.05, 3.63) is 98.5 Å². The molecule has 1 N–H and O–H groups in total. The number of nitrogens with zero attached hydrogens (tertiary/aromatic N) is 2. The van der Waals surface area contributed by atoms with Gasteiger partial charge >= 0.3 is 11.0 Å². The van der Waals surface area contributed by atoms with E-state index in [4.69, 9.17) is 9.47 Å². The minimum Gasteiger partial charge on any atom is -0.497 e. The molecule has 2 aliphatic heterocycles. The van der Waals surface area contributed by atoms with Crippen LogP contribution in [-0.2, 0) is 27.1 Å². The number of imide groups is 1. The van der Waals surface area contributed by atoms with E-state index in [1.165, 1.54) is 30.9 Å². The number of methoxy groups -OCH3 is 2. The van der Waals surface area contributed by atoms with Crippen LogP contribution in [0.5, 0.6) is 11.5 Å². The first-order valence-corrected chi connectivity index (χ1v) is 15.2. The number of carbonyl (C=O) groups excluding carboxylic acids is 3. The van der Waals surface area contributed by atoms with Gasteiger partial charge in [-0.3, -0.25) is 23.7 Å². The summed E-state index contributed by atoms with van der Waals surface area (Å²) in [6.45, 7) is -0.390.